The summed E-state index contributed by atoms with van der Waals surface area (Å²) < 4.78 is 70.0. The summed E-state index contributed by atoms with van der Waals surface area (Å²) in [6.07, 6.45) is -3.09. The fourth-order valence-electron chi connectivity index (χ4n) is 2.68. The molecule has 2 heterocycles. The van der Waals surface area contributed by atoms with Crippen LogP contribution in [0, 0.1) is 16.1 Å². The number of nitrogens with one attached hydrogen (secondary N) is 2. The van der Waals surface area contributed by atoms with Gasteiger partial charge in [-0.3, -0.25) is 4.79 Å². The molecule has 0 fully saturated rings. The topological polar surface area (TPSA) is 138 Å². The highest BCUT2D eigenvalue weighted by Crippen LogP contribution is 2.35. The van der Waals surface area contributed by atoms with Crippen LogP contribution >= 0.6 is 0 Å². The molecule has 0 unspecified atom stereocenters. The Kier molecular flexibility index (Phi) is 6.73. The molecule has 1 aromatic carbocycles. The maximum Gasteiger partial charge on any atom is 0.417 e. The molecule has 0 radical (unpaired) electrons. The van der Waals surface area contributed by atoms with Gasteiger partial charge in [0.25, 0.3) is 11.8 Å². The zero-order valence-corrected chi connectivity index (χ0v) is 18.5. The number of aromatic nitrogens is 2. The largest absolute Gasteiger partial charge is 0.478 e. The van der Waals surface area contributed by atoms with Gasteiger partial charge in [-0.05, 0) is 36.4 Å². The summed E-state index contributed by atoms with van der Waals surface area (Å²) >= 11 is 0. The second kappa shape index (κ2) is 9.36. The maximum atomic E-state index is 13.3. The molecule has 0 spiro atoms. The van der Waals surface area contributed by atoms with Gasteiger partial charge < -0.3 is 14.8 Å². The first-order valence-electron chi connectivity index (χ1n) is 9.28. The van der Waals surface area contributed by atoms with E-state index in [1.165, 1.54) is 49.8 Å². The number of halogens is 3. The molecule has 0 saturated carbocycles. The highest BCUT2D eigenvalue weighted by atomic mass is 32.2. The van der Waals surface area contributed by atoms with Gasteiger partial charge in [0.1, 0.15) is 17.3 Å². The van der Waals surface area contributed by atoms with Crippen LogP contribution in [-0.4, -0.2) is 33.4 Å². The SMILES string of the molecule is COc1nc(C#N)ccc1Oc1ncc(C(F)(F)F)cc1C(=O)Nc1cccc([S@](C)(=N)=O)c1. The Hall–Kier alpha value is -4.18. The van der Waals surface area contributed by atoms with Gasteiger partial charge in [0.15, 0.2) is 5.75 Å². The number of hydrogen-bond donors (Lipinski definition) is 2. The molecule has 0 aliphatic carbocycles. The van der Waals surface area contributed by atoms with Crippen LogP contribution in [-0.2, 0) is 15.9 Å². The summed E-state index contributed by atoms with van der Waals surface area (Å²) in [5, 5.41) is 11.4. The van der Waals surface area contributed by atoms with Gasteiger partial charge in [-0.15, -0.1) is 0 Å². The summed E-state index contributed by atoms with van der Waals surface area (Å²) in [4.78, 5) is 20.6. The van der Waals surface area contributed by atoms with Crippen LogP contribution in [0.3, 0.4) is 0 Å². The average Bonchev–Trinajstić information content (AvgIpc) is 2.78. The fourth-order valence-corrected chi connectivity index (χ4v) is 3.37. The normalized spacial score (nSPS) is 12.8. The van der Waals surface area contributed by atoms with Crippen molar-refractivity contribution in [3.8, 4) is 23.6 Å². The van der Waals surface area contributed by atoms with Crippen molar-refractivity contribution in [1.82, 2.24) is 9.97 Å². The lowest BCUT2D eigenvalue weighted by Crippen LogP contribution is -2.16. The monoisotopic (exact) mass is 491 g/mol. The molecule has 176 valence electrons. The van der Waals surface area contributed by atoms with E-state index in [0.717, 1.165) is 0 Å². The lowest BCUT2D eigenvalue weighted by Gasteiger charge is -2.15. The zero-order chi connectivity index (χ0) is 25.1. The number of pyridine rings is 2. The Bertz CT molecular complexity index is 1400. The smallest absolute Gasteiger partial charge is 0.417 e. The van der Waals surface area contributed by atoms with Crippen LogP contribution < -0.4 is 14.8 Å². The highest BCUT2D eigenvalue weighted by molar-refractivity contribution is 7.91. The molecule has 0 saturated heterocycles. The predicted molar refractivity (Wildman–Crippen MR) is 114 cm³/mol. The van der Waals surface area contributed by atoms with Crippen LogP contribution in [0.25, 0.3) is 0 Å². The number of carbonyl (C=O) groups excluding carboxylic acids is 1. The molecule has 3 aromatic rings. The van der Waals surface area contributed by atoms with Crippen molar-refractivity contribution < 1.29 is 31.6 Å². The molecule has 0 aliphatic rings. The van der Waals surface area contributed by atoms with Gasteiger partial charge in [-0.25, -0.2) is 14.0 Å². The summed E-state index contributed by atoms with van der Waals surface area (Å²) in [5.74, 6) is -1.72. The molecule has 3 rings (SSSR count). The zero-order valence-electron chi connectivity index (χ0n) is 17.6. The van der Waals surface area contributed by atoms with E-state index in [4.69, 9.17) is 19.5 Å². The lowest BCUT2D eigenvalue weighted by molar-refractivity contribution is -0.137. The first-order chi connectivity index (χ1) is 15.9. The van der Waals surface area contributed by atoms with E-state index in [1.807, 2.05) is 0 Å². The van der Waals surface area contributed by atoms with Crippen molar-refractivity contribution in [3.05, 3.63) is 65.5 Å². The first-order valence-corrected chi connectivity index (χ1v) is 11.2. The van der Waals surface area contributed by atoms with E-state index in [9.17, 15) is 22.2 Å². The molecule has 0 bridgehead atoms. The van der Waals surface area contributed by atoms with Gasteiger partial charge >= 0.3 is 6.18 Å². The molecule has 2 aromatic heterocycles. The molecule has 2 N–H and O–H groups in total. The van der Waals surface area contributed by atoms with Gasteiger partial charge in [0, 0.05) is 23.0 Å². The summed E-state index contributed by atoms with van der Waals surface area (Å²) in [5.41, 5.74) is -1.64. The number of alkyl halides is 3. The third-order valence-electron chi connectivity index (χ3n) is 4.30. The van der Waals surface area contributed by atoms with Gasteiger partial charge in [0.2, 0.25) is 5.88 Å². The van der Waals surface area contributed by atoms with Crippen LogP contribution in [0.4, 0.5) is 18.9 Å². The molecule has 1 amide bonds. The molecule has 0 aliphatic heterocycles. The number of ether oxygens (including phenoxy) is 2. The van der Waals surface area contributed by atoms with Crippen LogP contribution in [0.15, 0.2) is 53.6 Å². The Balaban J connectivity index is 2.03. The average molecular weight is 491 g/mol. The van der Waals surface area contributed by atoms with E-state index in [0.29, 0.717) is 12.3 Å². The molecule has 34 heavy (non-hydrogen) atoms. The summed E-state index contributed by atoms with van der Waals surface area (Å²) in [6, 6.07) is 10.5. The third kappa shape index (κ3) is 5.59. The maximum absolute atomic E-state index is 13.3. The Morgan fingerprint density at radius 2 is 1.94 bits per heavy atom. The fraction of sp³-hybridized carbons (Fsp3) is 0.143. The third-order valence-corrected chi connectivity index (χ3v) is 5.46. The minimum absolute atomic E-state index is 0.00400. The van der Waals surface area contributed by atoms with E-state index >= 15 is 0 Å². The van der Waals surface area contributed by atoms with Crippen molar-refractivity contribution in [1.29, 1.82) is 10.0 Å². The van der Waals surface area contributed by atoms with Crippen LogP contribution in [0.1, 0.15) is 21.6 Å². The van der Waals surface area contributed by atoms with Crippen molar-refractivity contribution in [2.45, 2.75) is 11.1 Å². The van der Waals surface area contributed by atoms with Gasteiger partial charge in [-0.2, -0.15) is 23.4 Å². The summed E-state index contributed by atoms with van der Waals surface area (Å²) in [6.45, 7) is 0. The van der Waals surface area contributed by atoms with Crippen LogP contribution in [0.2, 0.25) is 0 Å². The molecular weight excluding hydrogens is 475 g/mol. The second-order valence-corrected chi connectivity index (χ2v) is 8.98. The quantitative estimate of drug-likeness (QED) is 0.519. The van der Waals surface area contributed by atoms with Gasteiger partial charge in [0.05, 0.1) is 22.4 Å². The highest BCUT2D eigenvalue weighted by Gasteiger charge is 2.33. The van der Waals surface area contributed by atoms with E-state index < -0.39 is 38.8 Å². The van der Waals surface area contributed by atoms with E-state index in [2.05, 4.69) is 15.3 Å². The van der Waals surface area contributed by atoms with Crippen molar-refractivity contribution in [3.63, 3.8) is 0 Å². The van der Waals surface area contributed by atoms with Crippen LogP contribution in [0.5, 0.6) is 17.5 Å². The molecule has 1 atom stereocenters. The summed E-state index contributed by atoms with van der Waals surface area (Å²) in [7, 11) is -1.85. The minimum atomic E-state index is -4.78. The number of amides is 1. The molecule has 9 nitrogen and oxygen atoms in total. The predicted octanol–water partition coefficient (Wildman–Crippen LogP) is 4.46. The number of nitrogens with zero attached hydrogens (tertiary/aromatic N) is 3. The second-order valence-electron chi connectivity index (χ2n) is 6.82. The first kappa shape index (κ1) is 24.5. The standard InChI is InChI=1S/C21H16F3N5O4S/c1-32-20-17(7-6-14(10-25)29-20)33-19-16(8-12(11-27-19)21(22,23)24)18(30)28-13-4-3-5-15(9-13)34(2,26)31/h3-9,11,26H,1-2H3,(H,28,30)/t34-/m1/s1. The van der Waals surface area contributed by atoms with E-state index in [-0.39, 0.29) is 27.9 Å². The number of rotatable bonds is 6. The van der Waals surface area contributed by atoms with Gasteiger partial charge in [-0.1, -0.05) is 6.07 Å². The number of anilines is 1. The van der Waals surface area contributed by atoms with Crippen molar-refractivity contribution >= 4 is 21.3 Å². The number of benzene rings is 1. The molecule has 13 heteroatoms. The van der Waals surface area contributed by atoms with Crippen molar-refractivity contribution in [2.75, 3.05) is 18.7 Å². The number of methoxy groups -OCH3 is 1. The van der Waals surface area contributed by atoms with Crippen molar-refractivity contribution in [2.24, 2.45) is 0 Å². The number of carbonyl (C=O) groups is 1. The Morgan fingerprint density at radius 3 is 2.56 bits per heavy atom. The van der Waals surface area contributed by atoms with E-state index in [1.54, 1.807) is 6.07 Å². The molecular formula is C21H16F3N5O4S. The number of nitriles is 1. The Morgan fingerprint density at radius 1 is 1.21 bits per heavy atom. The minimum Gasteiger partial charge on any atom is -0.478 e. The lowest BCUT2D eigenvalue weighted by atomic mass is 10.1. The number of hydrogen-bond acceptors (Lipinski definition) is 8. The Labute approximate surface area is 192 Å².